The zero-order valence-electron chi connectivity index (χ0n) is 11.6. The molecule has 2 N–H and O–H groups in total. The maximum absolute atomic E-state index is 9.25. The summed E-state index contributed by atoms with van der Waals surface area (Å²) >= 11 is 0. The minimum Gasteiger partial charge on any atom is -0.472 e. The number of ether oxygens (including phenoxy) is 2. The van der Waals surface area contributed by atoms with Gasteiger partial charge in [0.25, 0.3) is 0 Å². The molecule has 1 aromatic rings. The summed E-state index contributed by atoms with van der Waals surface area (Å²) in [5.74, 6) is 0.619. The van der Waals surface area contributed by atoms with Crippen LogP contribution in [-0.4, -0.2) is 24.4 Å². The lowest BCUT2D eigenvalue weighted by atomic mass is 10.2. The Kier molecular flexibility index (Phi) is 4.33. The molecule has 2 rings (SSSR count). The van der Waals surface area contributed by atoms with E-state index in [1.54, 1.807) is 13.2 Å². The summed E-state index contributed by atoms with van der Waals surface area (Å²) in [7, 11) is 1.64. The number of nitrogens with zero attached hydrogens (tertiary/aromatic N) is 2. The molecule has 0 bridgehead atoms. The maximum atomic E-state index is 9.25. The van der Waals surface area contributed by atoms with E-state index in [1.165, 1.54) is 12.8 Å². The Hall–Kier alpha value is -1.67. The lowest BCUT2D eigenvalue weighted by Crippen LogP contribution is -2.21. The van der Waals surface area contributed by atoms with Crippen molar-refractivity contribution < 1.29 is 9.47 Å². The van der Waals surface area contributed by atoms with Gasteiger partial charge in [-0.15, -0.1) is 0 Å². The number of methoxy groups -OCH3 is 1. The van der Waals surface area contributed by atoms with Gasteiger partial charge in [-0.1, -0.05) is 12.8 Å². The molecule has 1 heterocycles. The van der Waals surface area contributed by atoms with E-state index in [4.69, 9.17) is 15.2 Å². The fourth-order valence-electron chi connectivity index (χ4n) is 2.72. The Morgan fingerprint density at radius 3 is 2.79 bits per heavy atom. The minimum atomic E-state index is -0.0890. The average molecular weight is 263 g/mol. The molecule has 0 unspecified atom stereocenters. The second-order valence-corrected chi connectivity index (χ2v) is 5.09. The van der Waals surface area contributed by atoms with Crippen molar-refractivity contribution in [2.45, 2.75) is 44.8 Å². The Labute approximate surface area is 113 Å². The van der Waals surface area contributed by atoms with Crippen LogP contribution in [0.1, 0.15) is 44.3 Å². The van der Waals surface area contributed by atoms with Crippen LogP contribution in [0.25, 0.3) is 0 Å². The van der Waals surface area contributed by atoms with Crippen molar-refractivity contribution in [2.75, 3.05) is 19.5 Å². The molecule has 1 aromatic heterocycles. The normalized spacial score (nSPS) is 17.3. The molecule has 19 heavy (non-hydrogen) atoms. The first-order valence-electron chi connectivity index (χ1n) is 6.73. The molecule has 0 amide bonds. The quantitative estimate of drug-likeness (QED) is 0.885. The fourth-order valence-corrected chi connectivity index (χ4v) is 2.72. The van der Waals surface area contributed by atoms with Crippen molar-refractivity contribution in [3.05, 3.63) is 11.8 Å². The monoisotopic (exact) mass is 263 g/mol. The predicted octanol–water partition coefficient (Wildman–Crippen LogP) is 2.47. The Balaban J connectivity index is 2.30. The SMILES string of the molecule is COC[C@@H](C)Oc1c(N)cc(C#N)n1C1CCCC1. The summed E-state index contributed by atoms with van der Waals surface area (Å²) in [5.41, 5.74) is 7.11. The van der Waals surface area contributed by atoms with E-state index >= 15 is 0 Å². The Bertz CT molecular complexity index is 470. The van der Waals surface area contributed by atoms with Crippen LogP contribution in [0.15, 0.2) is 6.07 Å². The predicted molar refractivity (Wildman–Crippen MR) is 73.0 cm³/mol. The highest BCUT2D eigenvalue weighted by molar-refractivity contribution is 5.55. The number of nitrogen functional groups attached to an aromatic ring is 1. The zero-order valence-corrected chi connectivity index (χ0v) is 11.6. The van der Waals surface area contributed by atoms with E-state index < -0.39 is 0 Å². The van der Waals surface area contributed by atoms with Gasteiger partial charge in [-0.25, -0.2) is 0 Å². The molecule has 0 aliphatic heterocycles. The fraction of sp³-hybridized carbons (Fsp3) is 0.643. The van der Waals surface area contributed by atoms with Crippen LogP contribution in [0, 0.1) is 11.3 Å². The van der Waals surface area contributed by atoms with Gasteiger partial charge < -0.3 is 15.2 Å². The van der Waals surface area contributed by atoms with Gasteiger partial charge in [-0.05, 0) is 19.8 Å². The number of hydrogen-bond donors (Lipinski definition) is 1. The second-order valence-electron chi connectivity index (χ2n) is 5.09. The number of nitriles is 1. The molecule has 0 radical (unpaired) electrons. The van der Waals surface area contributed by atoms with Crippen molar-refractivity contribution in [3.8, 4) is 11.9 Å². The third-order valence-corrected chi connectivity index (χ3v) is 3.54. The first-order chi connectivity index (χ1) is 9.17. The van der Waals surface area contributed by atoms with E-state index in [-0.39, 0.29) is 6.10 Å². The molecule has 0 spiro atoms. The van der Waals surface area contributed by atoms with Crippen molar-refractivity contribution in [3.63, 3.8) is 0 Å². The van der Waals surface area contributed by atoms with Gasteiger partial charge in [0.15, 0.2) is 0 Å². The van der Waals surface area contributed by atoms with Crippen LogP contribution in [0.2, 0.25) is 0 Å². The number of nitrogens with two attached hydrogens (primary N) is 1. The Morgan fingerprint density at radius 2 is 2.21 bits per heavy atom. The summed E-state index contributed by atoms with van der Waals surface area (Å²) in [5, 5.41) is 9.25. The molecule has 1 saturated carbocycles. The average Bonchev–Trinajstić information content (AvgIpc) is 2.98. The number of aromatic nitrogens is 1. The standard InChI is InChI=1S/C14H21N3O2/c1-10(9-18-2)19-14-13(16)7-12(8-15)17(14)11-5-3-4-6-11/h7,10-11H,3-6,9,16H2,1-2H3/t10-/m1/s1. The minimum absolute atomic E-state index is 0.0890. The van der Waals surface area contributed by atoms with Gasteiger partial charge in [0.05, 0.1) is 12.3 Å². The van der Waals surface area contributed by atoms with Gasteiger partial charge in [-0.2, -0.15) is 5.26 Å². The van der Waals surface area contributed by atoms with Gasteiger partial charge in [0.2, 0.25) is 5.88 Å². The lowest BCUT2D eigenvalue weighted by molar-refractivity contribution is 0.0853. The molecule has 1 aliphatic carbocycles. The highest BCUT2D eigenvalue weighted by Gasteiger charge is 2.25. The van der Waals surface area contributed by atoms with Crippen LogP contribution in [-0.2, 0) is 4.74 Å². The third kappa shape index (κ3) is 2.85. The molecular weight excluding hydrogens is 242 g/mol. The molecule has 5 heteroatoms. The van der Waals surface area contributed by atoms with Crippen molar-refractivity contribution in [1.29, 1.82) is 5.26 Å². The molecule has 104 valence electrons. The molecule has 1 atom stereocenters. The number of hydrogen-bond acceptors (Lipinski definition) is 4. The molecule has 1 aliphatic rings. The summed E-state index contributed by atoms with van der Waals surface area (Å²) < 4.78 is 12.9. The first-order valence-corrected chi connectivity index (χ1v) is 6.73. The van der Waals surface area contributed by atoms with Crippen LogP contribution in [0.5, 0.6) is 5.88 Å². The Morgan fingerprint density at radius 1 is 1.53 bits per heavy atom. The van der Waals surface area contributed by atoms with E-state index in [9.17, 15) is 5.26 Å². The van der Waals surface area contributed by atoms with E-state index in [0.717, 1.165) is 12.8 Å². The summed E-state index contributed by atoms with van der Waals surface area (Å²) in [6, 6.07) is 4.24. The second kappa shape index (κ2) is 5.98. The van der Waals surface area contributed by atoms with Gasteiger partial charge in [0.1, 0.15) is 17.9 Å². The first kappa shape index (κ1) is 13.8. The van der Waals surface area contributed by atoms with Crippen LogP contribution >= 0.6 is 0 Å². The zero-order chi connectivity index (χ0) is 13.8. The third-order valence-electron chi connectivity index (χ3n) is 3.54. The topological polar surface area (TPSA) is 73.2 Å². The van der Waals surface area contributed by atoms with Gasteiger partial charge >= 0.3 is 0 Å². The van der Waals surface area contributed by atoms with Gasteiger partial charge in [0, 0.05) is 19.2 Å². The summed E-state index contributed by atoms with van der Waals surface area (Å²) in [4.78, 5) is 0. The number of anilines is 1. The smallest absolute Gasteiger partial charge is 0.219 e. The van der Waals surface area contributed by atoms with Crippen molar-refractivity contribution in [2.24, 2.45) is 0 Å². The highest BCUT2D eigenvalue weighted by atomic mass is 16.5. The highest BCUT2D eigenvalue weighted by Crippen LogP contribution is 2.38. The maximum Gasteiger partial charge on any atom is 0.219 e. The van der Waals surface area contributed by atoms with E-state index in [2.05, 4.69) is 6.07 Å². The van der Waals surface area contributed by atoms with Crippen LogP contribution in [0.4, 0.5) is 5.69 Å². The molecule has 1 fully saturated rings. The summed E-state index contributed by atoms with van der Waals surface area (Å²) in [6.45, 7) is 2.43. The molecular formula is C14H21N3O2. The van der Waals surface area contributed by atoms with Crippen LogP contribution < -0.4 is 10.5 Å². The van der Waals surface area contributed by atoms with Crippen LogP contribution in [0.3, 0.4) is 0 Å². The number of rotatable bonds is 5. The molecule has 0 aromatic carbocycles. The molecule has 0 saturated heterocycles. The van der Waals surface area contributed by atoms with E-state index in [1.807, 2.05) is 11.5 Å². The van der Waals surface area contributed by atoms with E-state index in [0.29, 0.717) is 29.9 Å². The lowest BCUT2D eigenvalue weighted by Gasteiger charge is -2.21. The largest absolute Gasteiger partial charge is 0.472 e. The van der Waals surface area contributed by atoms with Crippen molar-refractivity contribution in [1.82, 2.24) is 4.57 Å². The molecule has 5 nitrogen and oxygen atoms in total. The van der Waals surface area contributed by atoms with Crippen molar-refractivity contribution >= 4 is 5.69 Å². The summed E-state index contributed by atoms with van der Waals surface area (Å²) in [6.07, 6.45) is 4.46. The van der Waals surface area contributed by atoms with Gasteiger partial charge in [-0.3, -0.25) is 4.57 Å².